The van der Waals surface area contributed by atoms with Crippen LogP contribution in [0.2, 0.25) is 5.02 Å². The second-order valence-corrected chi connectivity index (χ2v) is 5.13. The van der Waals surface area contributed by atoms with Crippen LogP contribution in [0.25, 0.3) is 0 Å². The van der Waals surface area contributed by atoms with Gasteiger partial charge >= 0.3 is 0 Å². The molecule has 0 aromatic carbocycles. The average Bonchev–Trinajstić information content (AvgIpc) is 2.65. The molecule has 2 unspecified atom stereocenters. The summed E-state index contributed by atoms with van der Waals surface area (Å²) >= 11 is 6.24. The molecule has 0 aliphatic rings. The first-order valence-electron chi connectivity index (χ1n) is 6.34. The van der Waals surface area contributed by atoms with Crippen LogP contribution in [0.3, 0.4) is 0 Å². The van der Waals surface area contributed by atoms with Crippen LogP contribution >= 0.6 is 11.6 Å². The summed E-state index contributed by atoms with van der Waals surface area (Å²) in [6.45, 7) is 8.53. The van der Waals surface area contributed by atoms with Crippen molar-refractivity contribution in [3.63, 3.8) is 0 Å². The van der Waals surface area contributed by atoms with Crippen LogP contribution in [-0.4, -0.2) is 33.7 Å². The van der Waals surface area contributed by atoms with Gasteiger partial charge in [0.2, 0.25) is 0 Å². The molecule has 0 saturated heterocycles. The number of halogens is 1. The van der Waals surface area contributed by atoms with Crippen LogP contribution in [0.5, 0.6) is 0 Å². The van der Waals surface area contributed by atoms with Gasteiger partial charge in [-0.3, -0.25) is 4.68 Å². The van der Waals surface area contributed by atoms with E-state index in [-0.39, 0.29) is 0 Å². The molecule has 1 rings (SSSR count). The highest BCUT2D eigenvalue weighted by molar-refractivity contribution is 6.31. The van der Waals surface area contributed by atoms with E-state index in [2.05, 4.69) is 5.10 Å². The third-order valence-corrected chi connectivity index (χ3v) is 4.20. The number of rotatable bonds is 6. The standard InChI is InChI=1S/C13H23ClN2O2/c1-6-13(4,18-5)11(17)8-10-12(14)9(3)15-16(10)7-2/h11,17H,6-8H2,1-5H3. The number of hydrogen-bond donors (Lipinski definition) is 1. The van der Waals surface area contributed by atoms with Gasteiger partial charge in [0.25, 0.3) is 0 Å². The molecule has 1 heterocycles. The van der Waals surface area contributed by atoms with E-state index >= 15 is 0 Å². The van der Waals surface area contributed by atoms with Crippen molar-refractivity contribution in [1.82, 2.24) is 9.78 Å². The molecule has 1 N–H and O–H groups in total. The highest BCUT2D eigenvalue weighted by atomic mass is 35.5. The number of aliphatic hydroxyl groups excluding tert-OH is 1. The molecule has 2 atom stereocenters. The lowest BCUT2D eigenvalue weighted by molar-refractivity contribution is -0.0920. The molecule has 0 spiro atoms. The molecule has 0 amide bonds. The Hall–Kier alpha value is -0.580. The Bertz CT molecular complexity index is 400. The molecule has 1 aromatic heterocycles. The third-order valence-electron chi connectivity index (χ3n) is 3.71. The zero-order valence-electron chi connectivity index (χ0n) is 11.8. The Morgan fingerprint density at radius 1 is 1.50 bits per heavy atom. The van der Waals surface area contributed by atoms with E-state index in [1.54, 1.807) is 7.11 Å². The number of aromatic nitrogens is 2. The van der Waals surface area contributed by atoms with Gasteiger partial charge < -0.3 is 9.84 Å². The zero-order chi connectivity index (χ0) is 13.9. The maximum Gasteiger partial charge on any atom is 0.0909 e. The summed E-state index contributed by atoms with van der Waals surface area (Å²) < 4.78 is 7.26. The molecule has 104 valence electrons. The first kappa shape index (κ1) is 15.5. The molecule has 0 fully saturated rings. The van der Waals surface area contributed by atoms with E-state index < -0.39 is 11.7 Å². The van der Waals surface area contributed by atoms with Crippen LogP contribution < -0.4 is 0 Å². The van der Waals surface area contributed by atoms with Gasteiger partial charge in [0, 0.05) is 20.1 Å². The van der Waals surface area contributed by atoms with Gasteiger partial charge in [-0.05, 0) is 27.2 Å². The Kier molecular flexibility index (Phi) is 5.20. The van der Waals surface area contributed by atoms with E-state index in [4.69, 9.17) is 16.3 Å². The van der Waals surface area contributed by atoms with E-state index in [1.165, 1.54) is 0 Å². The number of ether oxygens (including phenoxy) is 1. The average molecular weight is 275 g/mol. The molecule has 0 saturated carbocycles. The highest BCUT2D eigenvalue weighted by Gasteiger charge is 2.32. The van der Waals surface area contributed by atoms with Crippen molar-refractivity contribution in [2.45, 2.75) is 58.8 Å². The Morgan fingerprint density at radius 3 is 2.56 bits per heavy atom. The maximum atomic E-state index is 10.4. The van der Waals surface area contributed by atoms with E-state index in [0.717, 1.165) is 24.4 Å². The highest BCUT2D eigenvalue weighted by Crippen LogP contribution is 2.27. The van der Waals surface area contributed by atoms with Gasteiger partial charge in [-0.1, -0.05) is 18.5 Å². The monoisotopic (exact) mass is 274 g/mol. The van der Waals surface area contributed by atoms with E-state index in [1.807, 2.05) is 32.4 Å². The summed E-state index contributed by atoms with van der Waals surface area (Å²) in [5.74, 6) is 0. The number of methoxy groups -OCH3 is 1. The van der Waals surface area contributed by atoms with Gasteiger partial charge in [-0.2, -0.15) is 5.10 Å². The fourth-order valence-corrected chi connectivity index (χ4v) is 2.19. The smallest absolute Gasteiger partial charge is 0.0909 e. The number of aliphatic hydroxyl groups is 1. The molecule has 0 aliphatic carbocycles. The van der Waals surface area contributed by atoms with Gasteiger partial charge in [-0.25, -0.2) is 0 Å². The fraction of sp³-hybridized carbons (Fsp3) is 0.769. The lowest BCUT2D eigenvalue weighted by Crippen LogP contribution is -2.42. The predicted molar refractivity (Wildman–Crippen MR) is 73.1 cm³/mol. The lowest BCUT2D eigenvalue weighted by atomic mass is 9.92. The molecule has 4 nitrogen and oxygen atoms in total. The molecule has 5 heteroatoms. The quantitative estimate of drug-likeness (QED) is 0.867. The summed E-state index contributed by atoms with van der Waals surface area (Å²) in [6.07, 6.45) is 0.583. The van der Waals surface area contributed by atoms with Crippen LogP contribution in [0.4, 0.5) is 0 Å². The maximum absolute atomic E-state index is 10.4. The first-order chi connectivity index (χ1) is 8.39. The summed E-state index contributed by atoms with van der Waals surface area (Å²) in [5, 5.41) is 15.3. The Labute approximate surface area is 114 Å². The van der Waals surface area contributed by atoms with Crippen molar-refractivity contribution in [1.29, 1.82) is 0 Å². The number of aryl methyl sites for hydroxylation is 2. The lowest BCUT2D eigenvalue weighted by Gasteiger charge is -2.32. The molecular weight excluding hydrogens is 252 g/mol. The molecule has 18 heavy (non-hydrogen) atoms. The SMILES string of the molecule is CCn1nc(C)c(Cl)c1CC(O)C(C)(CC)OC. The minimum Gasteiger partial charge on any atom is -0.390 e. The fourth-order valence-electron chi connectivity index (χ4n) is 1.98. The van der Waals surface area contributed by atoms with Crippen molar-refractivity contribution in [3.8, 4) is 0 Å². The minimum atomic E-state index is -0.605. The molecule has 0 aliphatic heterocycles. The van der Waals surface area contributed by atoms with E-state index in [0.29, 0.717) is 11.4 Å². The van der Waals surface area contributed by atoms with Crippen LogP contribution in [0.15, 0.2) is 0 Å². The first-order valence-corrected chi connectivity index (χ1v) is 6.72. The van der Waals surface area contributed by atoms with E-state index in [9.17, 15) is 5.11 Å². The Balaban J connectivity index is 2.97. The molecule has 0 radical (unpaired) electrons. The molecule has 0 bridgehead atoms. The molecular formula is C13H23ClN2O2. The van der Waals surface area contributed by atoms with Crippen LogP contribution in [-0.2, 0) is 17.7 Å². The summed E-state index contributed by atoms with van der Waals surface area (Å²) in [5.41, 5.74) is 1.12. The van der Waals surface area contributed by atoms with Crippen molar-refractivity contribution >= 4 is 11.6 Å². The van der Waals surface area contributed by atoms with Crippen molar-refractivity contribution in [2.24, 2.45) is 0 Å². The molecule has 1 aromatic rings. The third kappa shape index (κ3) is 2.87. The second-order valence-electron chi connectivity index (χ2n) is 4.75. The van der Waals surface area contributed by atoms with Gasteiger partial charge in [0.05, 0.1) is 28.1 Å². The minimum absolute atomic E-state index is 0.450. The van der Waals surface area contributed by atoms with Crippen LogP contribution in [0.1, 0.15) is 38.6 Å². The van der Waals surface area contributed by atoms with Crippen LogP contribution in [0, 0.1) is 6.92 Å². The summed E-state index contributed by atoms with van der Waals surface area (Å²) in [4.78, 5) is 0. The Morgan fingerprint density at radius 2 is 2.11 bits per heavy atom. The number of nitrogens with zero attached hydrogens (tertiary/aromatic N) is 2. The van der Waals surface area contributed by atoms with Crippen molar-refractivity contribution in [3.05, 3.63) is 16.4 Å². The summed E-state index contributed by atoms with van der Waals surface area (Å²) in [6, 6.07) is 0. The normalized spacial score (nSPS) is 16.6. The van der Waals surface area contributed by atoms with Crippen molar-refractivity contribution in [2.75, 3.05) is 7.11 Å². The topological polar surface area (TPSA) is 47.3 Å². The van der Waals surface area contributed by atoms with Gasteiger partial charge in [0.1, 0.15) is 0 Å². The largest absolute Gasteiger partial charge is 0.390 e. The second kappa shape index (κ2) is 6.04. The van der Waals surface area contributed by atoms with Gasteiger partial charge in [-0.15, -0.1) is 0 Å². The summed E-state index contributed by atoms with van der Waals surface area (Å²) in [7, 11) is 1.62. The predicted octanol–water partition coefficient (Wildman–Crippen LogP) is 2.58. The number of hydrogen-bond acceptors (Lipinski definition) is 3. The van der Waals surface area contributed by atoms with Crippen molar-refractivity contribution < 1.29 is 9.84 Å². The zero-order valence-corrected chi connectivity index (χ0v) is 12.6. The van der Waals surface area contributed by atoms with Gasteiger partial charge in [0.15, 0.2) is 0 Å².